The number of hydrogen-bond donors (Lipinski definition) is 1. The number of nitrogens with two attached hydrogens (primary N) is 1. The van der Waals surface area contributed by atoms with E-state index in [9.17, 15) is 0 Å². The first-order valence-corrected chi connectivity index (χ1v) is 7.42. The number of unbranched alkanes of at least 4 members (excludes halogenated alkanes) is 3. The van der Waals surface area contributed by atoms with Gasteiger partial charge in [-0.25, -0.2) is 0 Å². The largest absolute Gasteiger partial charge is 0.324 e. The second kappa shape index (κ2) is 8.11. The maximum atomic E-state index is 6.15. The molecule has 1 unspecified atom stereocenters. The number of rotatable bonds is 7. The highest BCUT2D eigenvalue weighted by Crippen LogP contribution is 2.24. The second-order valence-electron chi connectivity index (χ2n) is 4.21. The highest BCUT2D eigenvalue weighted by molar-refractivity contribution is 14.1. The summed E-state index contributed by atoms with van der Waals surface area (Å²) >= 11 is 8.31. The summed E-state index contributed by atoms with van der Waals surface area (Å²) in [5, 5.41) is 0.796. The zero-order valence-corrected chi connectivity index (χ0v) is 12.9. The molecule has 1 rings (SSSR count). The van der Waals surface area contributed by atoms with Gasteiger partial charge in [-0.2, -0.15) is 0 Å². The Morgan fingerprint density at radius 3 is 2.76 bits per heavy atom. The third kappa shape index (κ3) is 5.40. The quantitative estimate of drug-likeness (QED) is 0.408. The standard InChI is InChI=1S/C14H19ClIN/c1-2-3-4-5-6-7-14(17)11-8-9-13(16)12(15)10-11/h2,8-10,14H,1,3-7,17H2. The SMILES string of the molecule is C=CCCCCCC(N)c1ccc(I)c(Cl)c1. The number of benzene rings is 1. The van der Waals surface area contributed by atoms with Crippen molar-refractivity contribution in [3.63, 3.8) is 0 Å². The highest BCUT2D eigenvalue weighted by Gasteiger charge is 2.07. The monoisotopic (exact) mass is 363 g/mol. The van der Waals surface area contributed by atoms with E-state index >= 15 is 0 Å². The van der Waals surface area contributed by atoms with Crippen molar-refractivity contribution in [2.45, 2.75) is 38.1 Å². The van der Waals surface area contributed by atoms with Crippen LogP contribution in [0.1, 0.15) is 43.7 Å². The Kier molecular flexibility index (Phi) is 7.16. The van der Waals surface area contributed by atoms with Crippen molar-refractivity contribution >= 4 is 34.2 Å². The maximum absolute atomic E-state index is 6.15. The summed E-state index contributed by atoms with van der Waals surface area (Å²) in [4.78, 5) is 0. The van der Waals surface area contributed by atoms with Gasteiger partial charge in [-0.15, -0.1) is 6.58 Å². The van der Waals surface area contributed by atoms with Crippen molar-refractivity contribution in [1.82, 2.24) is 0 Å². The van der Waals surface area contributed by atoms with Crippen LogP contribution in [-0.4, -0.2) is 0 Å². The zero-order valence-electron chi connectivity index (χ0n) is 9.96. The van der Waals surface area contributed by atoms with E-state index < -0.39 is 0 Å². The van der Waals surface area contributed by atoms with Crippen LogP contribution >= 0.6 is 34.2 Å². The predicted molar refractivity (Wildman–Crippen MR) is 84.4 cm³/mol. The molecule has 1 atom stereocenters. The van der Waals surface area contributed by atoms with Gasteiger partial charge >= 0.3 is 0 Å². The predicted octanol–water partition coefficient (Wildman–Crippen LogP) is 5.08. The molecule has 0 amide bonds. The van der Waals surface area contributed by atoms with Crippen LogP contribution in [-0.2, 0) is 0 Å². The molecule has 17 heavy (non-hydrogen) atoms. The molecule has 3 heteroatoms. The molecule has 94 valence electrons. The van der Waals surface area contributed by atoms with Gasteiger partial charge < -0.3 is 5.73 Å². The summed E-state index contributed by atoms with van der Waals surface area (Å²) in [7, 11) is 0. The van der Waals surface area contributed by atoms with Crippen molar-refractivity contribution in [1.29, 1.82) is 0 Å². The van der Waals surface area contributed by atoms with E-state index in [0.29, 0.717) is 0 Å². The fraction of sp³-hybridized carbons (Fsp3) is 0.429. The van der Waals surface area contributed by atoms with E-state index in [0.717, 1.165) is 27.0 Å². The average Bonchev–Trinajstić information content (AvgIpc) is 2.32. The van der Waals surface area contributed by atoms with Crippen LogP contribution in [0, 0.1) is 3.57 Å². The van der Waals surface area contributed by atoms with E-state index in [1.54, 1.807) is 0 Å². The summed E-state index contributed by atoms with van der Waals surface area (Å²) in [5.74, 6) is 0. The molecule has 2 N–H and O–H groups in total. The van der Waals surface area contributed by atoms with Crippen molar-refractivity contribution in [2.75, 3.05) is 0 Å². The maximum Gasteiger partial charge on any atom is 0.0542 e. The molecule has 0 spiro atoms. The number of allylic oxidation sites excluding steroid dienone is 1. The topological polar surface area (TPSA) is 26.0 Å². The molecule has 0 heterocycles. The summed E-state index contributed by atoms with van der Waals surface area (Å²) in [6.45, 7) is 3.72. The third-order valence-electron chi connectivity index (χ3n) is 2.80. The molecule has 1 nitrogen and oxygen atoms in total. The first kappa shape index (κ1) is 15.0. The minimum absolute atomic E-state index is 0.105. The molecule has 0 saturated carbocycles. The molecule has 0 radical (unpaired) electrons. The Morgan fingerprint density at radius 1 is 1.35 bits per heavy atom. The molecule has 0 aromatic heterocycles. The minimum atomic E-state index is 0.105. The molecule has 0 bridgehead atoms. The normalized spacial score (nSPS) is 12.4. The van der Waals surface area contributed by atoms with Gasteiger partial charge in [0.05, 0.1) is 5.02 Å². The molecule has 0 aliphatic rings. The van der Waals surface area contributed by atoms with Gasteiger partial charge in [-0.3, -0.25) is 0 Å². The van der Waals surface area contributed by atoms with Crippen LogP contribution in [0.2, 0.25) is 5.02 Å². The van der Waals surface area contributed by atoms with Gasteiger partial charge in [-0.1, -0.05) is 36.6 Å². The Bertz CT molecular complexity index is 365. The summed E-state index contributed by atoms with van der Waals surface area (Å²) in [6, 6.07) is 6.18. The zero-order chi connectivity index (χ0) is 12.7. The third-order valence-corrected chi connectivity index (χ3v) is 4.37. The van der Waals surface area contributed by atoms with Crippen LogP contribution in [0.4, 0.5) is 0 Å². The van der Waals surface area contributed by atoms with Crippen molar-refractivity contribution < 1.29 is 0 Å². The number of halogens is 2. The molecular weight excluding hydrogens is 345 g/mol. The van der Waals surface area contributed by atoms with Gasteiger partial charge in [0.25, 0.3) is 0 Å². The van der Waals surface area contributed by atoms with Gasteiger partial charge in [0, 0.05) is 9.61 Å². The molecule has 1 aromatic rings. The lowest BCUT2D eigenvalue weighted by molar-refractivity contribution is 0.572. The molecule has 0 aliphatic heterocycles. The van der Waals surface area contributed by atoms with Crippen molar-refractivity contribution in [3.05, 3.63) is 45.0 Å². The van der Waals surface area contributed by atoms with Crippen LogP contribution in [0.25, 0.3) is 0 Å². The Morgan fingerprint density at radius 2 is 2.12 bits per heavy atom. The van der Waals surface area contributed by atoms with Crippen molar-refractivity contribution in [2.24, 2.45) is 5.73 Å². The van der Waals surface area contributed by atoms with Crippen LogP contribution in [0.5, 0.6) is 0 Å². The second-order valence-corrected chi connectivity index (χ2v) is 5.78. The van der Waals surface area contributed by atoms with E-state index in [1.807, 2.05) is 18.2 Å². The lowest BCUT2D eigenvalue weighted by Crippen LogP contribution is -2.10. The highest BCUT2D eigenvalue weighted by atomic mass is 127. The van der Waals surface area contributed by atoms with E-state index in [-0.39, 0.29) is 6.04 Å². The van der Waals surface area contributed by atoms with E-state index in [2.05, 4.69) is 35.2 Å². The fourth-order valence-corrected chi connectivity index (χ4v) is 2.26. The van der Waals surface area contributed by atoms with Crippen LogP contribution in [0.15, 0.2) is 30.9 Å². The molecule has 0 aliphatic carbocycles. The Labute approximate surface area is 123 Å². The molecular formula is C14H19ClIN. The van der Waals surface area contributed by atoms with Crippen molar-refractivity contribution in [3.8, 4) is 0 Å². The Hall–Kier alpha value is -0.0600. The summed E-state index contributed by atoms with van der Waals surface area (Å²) in [6.07, 6.45) is 7.69. The summed E-state index contributed by atoms with van der Waals surface area (Å²) < 4.78 is 1.08. The lowest BCUT2D eigenvalue weighted by atomic mass is 10.0. The smallest absolute Gasteiger partial charge is 0.0542 e. The van der Waals surface area contributed by atoms with Gasteiger partial charge in [0.2, 0.25) is 0 Å². The van der Waals surface area contributed by atoms with Gasteiger partial charge in [0.1, 0.15) is 0 Å². The summed E-state index contributed by atoms with van der Waals surface area (Å²) in [5.41, 5.74) is 7.29. The fourth-order valence-electron chi connectivity index (χ4n) is 1.74. The first-order chi connectivity index (χ1) is 8.15. The first-order valence-electron chi connectivity index (χ1n) is 5.96. The average molecular weight is 364 g/mol. The van der Waals surface area contributed by atoms with E-state index in [4.69, 9.17) is 17.3 Å². The molecule has 0 fully saturated rings. The number of hydrogen-bond acceptors (Lipinski definition) is 1. The van der Waals surface area contributed by atoms with Gasteiger partial charge in [-0.05, 0) is 59.5 Å². The molecule has 1 aromatic carbocycles. The van der Waals surface area contributed by atoms with Crippen LogP contribution in [0.3, 0.4) is 0 Å². The van der Waals surface area contributed by atoms with Crippen LogP contribution < -0.4 is 5.73 Å². The minimum Gasteiger partial charge on any atom is -0.324 e. The van der Waals surface area contributed by atoms with E-state index in [1.165, 1.54) is 19.3 Å². The Balaban J connectivity index is 2.38. The molecule has 0 saturated heterocycles. The lowest BCUT2D eigenvalue weighted by Gasteiger charge is -2.12. The van der Waals surface area contributed by atoms with Gasteiger partial charge in [0.15, 0.2) is 0 Å².